The van der Waals surface area contributed by atoms with Crippen LogP contribution in [0.15, 0.2) is 0 Å². The Kier molecular flexibility index (Phi) is 5.79. The highest BCUT2D eigenvalue weighted by molar-refractivity contribution is 5.84. The predicted molar refractivity (Wildman–Crippen MR) is 76.9 cm³/mol. The number of nitrogens with one attached hydrogen (secondary N) is 3. The largest absolute Gasteiger partial charge is 0.369 e. The van der Waals surface area contributed by atoms with Crippen molar-refractivity contribution >= 4 is 11.8 Å². The van der Waals surface area contributed by atoms with Crippen LogP contribution < -0.4 is 21.7 Å². The molecule has 0 spiro atoms. The van der Waals surface area contributed by atoms with Crippen LogP contribution in [0, 0.1) is 11.8 Å². The van der Waals surface area contributed by atoms with Gasteiger partial charge in [-0.25, -0.2) is 0 Å². The van der Waals surface area contributed by atoms with Crippen LogP contribution in [-0.2, 0) is 9.59 Å². The van der Waals surface area contributed by atoms with Gasteiger partial charge in [-0.3, -0.25) is 9.59 Å². The second-order valence-electron chi connectivity index (χ2n) is 5.90. The van der Waals surface area contributed by atoms with E-state index < -0.39 is 0 Å². The lowest BCUT2D eigenvalue weighted by Crippen LogP contribution is -2.50. The molecule has 2 atom stereocenters. The van der Waals surface area contributed by atoms with Crippen LogP contribution in [0.5, 0.6) is 0 Å². The number of carbonyl (C=O) groups is 2. The minimum atomic E-state index is -0.293. The lowest BCUT2D eigenvalue weighted by molar-refractivity contribution is -0.126. The van der Waals surface area contributed by atoms with Crippen LogP contribution in [-0.4, -0.2) is 44.0 Å². The Hall–Kier alpha value is -1.14. The summed E-state index contributed by atoms with van der Waals surface area (Å²) in [4.78, 5) is 23.3. The molecule has 0 aliphatic carbocycles. The Morgan fingerprint density at radius 2 is 1.90 bits per heavy atom. The molecular formula is C14H26N4O2. The maximum atomic E-state index is 12.1. The fourth-order valence-electron chi connectivity index (χ4n) is 3.07. The van der Waals surface area contributed by atoms with Gasteiger partial charge in [-0.05, 0) is 57.7 Å². The fourth-order valence-corrected chi connectivity index (χ4v) is 3.07. The molecule has 114 valence electrons. The molecule has 5 N–H and O–H groups in total. The Bertz CT molecular complexity index is 342. The molecule has 0 saturated carbocycles. The van der Waals surface area contributed by atoms with E-state index in [4.69, 9.17) is 5.73 Å². The average molecular weight is 282 g/mol. The zero-order valence-electron chi connectivity index (χ0n) is 12.0. The number of nitrogens with two attached hydrogens (primary N) is 1. The molecule has 0 aromatic heterocycles. The van der Waals surface area contributed by atoms with Gasteiger partial charge in [-0.1, -0.05) is 0 Å². The summed E-state index contributed by atoms with van der Waals surface area (Å²) in [5.74, 6) is 0.259. The Morgan fingerprint density at radius 3 is 2.60 bits per heavy atom. The SMILES string of the molecule is NC(=O)C1CCNC(C(=O)NCCC2CCNCC2)C1. The molecule has 0 aromatic rings. The summed E-state index contributed by atoms with van der Waals surface area (Å²) in [6, 6.07) is -0.269. The smallest absolute Gasteiger partial charge is 0.237 e. The first kappa shape index (κ1) is 15.3. The first-order valence-electron chi connectivity index (χ1n) is 7.68. The molecule has 0 bridgehead atoms. The maximum Gasteiger partial charge on any atom is 0.237 e. The lowest BCUT2D eigenvalue weighted by atomic mass is 9.91. The number of hydrogen-bond acceptors (Lipinski definition) is 4. The number of primary amides is 1. The topological polar surface area (TPSA) is 96.2 Å². The van der Waals surface area contributed by atoms with Gasteiger partial charge in [0.15, 0.2) is 0 Å². The van der Waals surface area contributed by atoms with Gasteiger partial charge in [0.25, 0.3) is 0 Å². The van der Waals surface area contributed by atoms with Crippen molar-refractivity contribution in [3.8, 4) is 0 Å². The predicted octanol–water partition coefficient (Wildman–Crippen LogP) is -0.654. The quantitative estimate of drug-likeness (QED) is 0.538. The first-order chi connectivity index (χ1) is 9.66. The molecule has 2 fully saturated rings. The standard InChI is InChI=1S/C14H26N4O2/c15-13(19)11-4-8-17-12(9-11)14(20)18-7-3-10-1-5-16-6-2-10/h10-12,16-17H,1-9H2,(H2,15,19)(H,18,20). The molecule has 2 saturated heterocycles. The van der Waals surface area contributed by atoms with E-state index in [-0.39, 0.29) is 23.8 Å². The van der Waals surface area contributed by atoms with Crippen molar-refractivity contribution < 1.29 is 9.59 Å². The van der Waals surface area contributed by atoms with Crippen LogP contribution in [0.25, 0.3) is 0 Å². The average Bonchev–Trinajstić information content (AvgIpc) is 2.48. The van der Waals surface area contributed by atoms with E-state index in [1.54, 1.807) is 0 Å². The summed E-state index contributed by atoms with van der Waals surface area (Å²) in [5, 5.41) is 9.49. The third kappa shape index (κ3) is 4.45. The number of hydrogen-bond donors (Lipinski definition) is 4. The van der Waals surface area contributed by atoms with Crippen LogP contribution >= 0.6 is 0 Å². The Labute approximate surface area is 120 Å². The van der Waals surface area contributed by atoms with Crippen molar-refractivity contribution in [2.45, 2.75) is 38.1 Å². The molecule has 2 rings (SSSR count). The van der Waals surface area contributed by atoms with Gasteiger partial charge in [0.05, 0.1) is 6.04 Å². The van der Waals surface area contributed by atoms with E-state index in [2.05, 4.69) is 16.0 Å². The third-order valence-corrected chi connectivity index (χ3v) is 4.43. The van der Waals surface area contributed by atoms with Crippen molar-refractivity contribution in [2.75, 3.05) is 26.2 Å². The van der Waals surface area contributed by atoms with Crippen LogP contribution in [0.2, 0.25) is 0 Å². The van der Waals surface area contributed by atoms with Gasteiger partial charge in [0, 0.05) is 12.5 Å². The van der Waals surface area contributed by atoms with Crippen molar-refractivity contribution in [3.63, 3.8) is 0 Å². The molecule has 2 aliphatic heterocycles. The number of piperidine rings is 2. The minimum absolute atomic E-state index is 0.00452. The molecule has 0 radical (unpaired) electrons. The van der Waals surface area contributed by atoms with E-state index in [9.17, 15) is 9.59 Å². The van der Waals surface area contributed by atoms with Crippen LogP contribution in [0.1, 0.15) is 32.1 Å². The summed E-state index contributed by atoms with van der Waals surface area (Å²) >= 11 is 0. The highest BCUT2D eigenvalue weighted by atomic mass is 16.2. The molecule has 2 unspecified atom stereocenters. The highest BCUT2D eigenvalue weighted by Gasteiger charge is 2.29. The number of amides is 2. The van der Waals surface area contributed by atoms with Crippen molar-refractivity contribution in [3.05, 3.63) is 0 Å². The maximum absolute atomic E-state index is 12.1. The summed E-state index contributed by atoms with van der Waals surface area (Å²) in [7, 11) is 0. The molecule has 2 heterocycles. The first-order valence-corrected chi connectivity index (χ1v) is 7.68. The highest BCUT2D eigenvalue weighted by Crippen LogP contribution is 2.17. The zero-order chi connectivity index (χ0) is 14.4. The molecule has 2 amide bonds. The van der Waals surface area contributed by atoms with Crippen molar-refractivity contribution in [1.82, 2.24) is 16.0 Å². The zero-order valence-corrected chi connectivity index (χ0v) is 12.0. The Balaban J connectivity index is 1.67. The second-order valence-corrected chi connectivity index (χ2v) is 5.90. The normalized spacial score (nSPS) is 28.0. The molecular weight excluding hydrogens is 256 g/mol. The van der Waals surface area contributed by atoms with Crippen LogP contribution in [0.3, 0.4) is 0 Å². The molecule has 0 aromatic carbocycles. The van der Waals surface area contributed by atoms with E-state index in [1.165, 1.54) is 12.8 Å². The summed E-state index contributed by atoms with van der Waals surface area (Å²) in [6.07, 6.45) is 4.69. The molecule has 6 heteroatoms. The molecule has 2 aliphatic rings. The van der Waals surface area contributed by atoms with Gasteiger partial charge in [-0.2, -0.15) is 0 Å². The monoisotopic (exact) mass is 282 g/mol. The van der Waals surface area contributed by atoms with Crippen LogP contribution in [0.4, 0.5) is 0 Å². The van der Waals surface area contributed by atoms with Gasteiger partial charge < -0.3 is 21.7 Å². The summed E-state index contributed by atoms with van der Waals surface area (Å²) in [5.41, 5.74) is 5.32. The van der Waals surface area contributed by atoms with E-state index in [1.807, 2.05) is 0 Å². The van der Waals surface area contributed by atoms with Gasteiger partial charge in [0.1, 0.15) is 0 Å². The fraction of sp³-hybridized carbons (Fsp3) is 0.857. The van der Waals surface area contributed by atoms with E-state index in [0.29, 0.717) is 18.9 Å². The molecule has 6 nitrogen and oxygen atoms in total. The minimum Gasteiger partial charge on any atom is -0.369 e. The van der Waals surface area contributed by atoms with E-state index in [0.717, 1.165) is 32.5 Å². The molecule has 20 heavy (non-hydrogen) atoms. The second kappa shape index (κ2) is 7.59. The number of rotatable bonds is 5. The Morgan fingerprint density at radius 1 is 1.15 bits per heavy atom. The summed E-state index contributed by atoms with van der Waals surface area (Å²) < 4.78 is 0. The summed E-state index contributed by atoms with van der Waals surface area (Å²) in [6.45, 7) is 3.58. The third-order valence-electron chi connectivity index (χ3n) is 4.43. The van der Waals surface area contributed by atoms with Gasteiger partial charge >= 0.3 is 0 Å². The van der Waals surface area contributed by atoms with Crippen molar-refractivity contribution in [1.29, 1.82) is 0 Å². The van der Waals surface area contributed by atoms with E-state index >= 15 is 0 Å². The lowest BCUT2D eigenvalue weighted by Gasteiger charge is -2.28. The van der Waals surface area contributed by atoms with Crippen molar-refractivity contribution in [2.24, 2.45) is 17.6 Å². The van der Waals surface area contributed by atoms with Gasteiger partial charge in [0.2, 0.25) is 11.8 Å². The van der Waals surface area contributed by atoms with Gasteiger partial charge in [-0.15, -0.1) is 0 Å². The number of carbonyl (C=O) groups excluding carboxylic acids is 2.